The minimum Gasteiger partial charge on any atom is -0.356 e. The van der Waals surface area contributed by atoms with Crippen LogP contribution in [-0.4, -0.2) is 16.0 Å². The summed E-state index contributed by atoms with van der Waals surface area (Å²) < 4.78 is 0.904. The van der Waals surface area contributed by atoms with E-state index in [0.29, 0.717) is 6.42 Å². The highest BCUT2D eigenvalue weighted by Crippen LogP contribution is 2.25. The van der Waals surface area contributed by atoms with Crippen LogP contribution < -0.4 is 5.32 Å². The van der Waals surface area contributed by atoms with Crippen LogP contribution in [0, 0.1) is 11.3 Å². The molecule has 0 aliphatic carbocycles. The zero-order valence-electron chi connectivity index (χ0n) is 9.67. The number of nitrogens with one attached hydrogen (secondary N) is 1. The molecule has 2 rings (SSSR count). The largest absolute Gasteiger partial charge is 0.356 e. The first-order valence-corrected chi connectivity index (χ1v) is 7.30. The fourth-order valence-corrected chi connectivity index (χ4v) is 2.96. The second kappa shape index (κ2) is 6.99. The van der Waals surface area contributed by atoms with E-state index >= 15 is 0 Å². The van der Waals surface area contributed by atoms with Crippen LogP contribution in [0.2, 0.25) is 0 Å². The van der Waals surface area contributed by atoms with Crippen molar-refractivity contribution in [2.75, 3.05) is 11.1 Å². The number of thioether (sulfide) groups is 1. The van der Waals surface area contributed by atoms with Gasteiger partial charge in [0.2, 0.25) is 5.13 Å². The maximum absolute atomic E-state index is 8.45. The molecular formula is C12H12N4S2. The second-order valence-electron chi connectivity index (χ2n) is 3.47. The van der Waals surface area contributed by atoms with Crippen LogP contribution in [0.1, 0.15) is 12.0 Å². The van der Waals surface area contributed by atoms with Gasteiger partial charge in [0, 0.05) is 18.7 Å². The summed E-state index contributed by atoms with van der Waals surface area (Å²) in [5, 5.41) is 20.6. The Bertz CT molecular complexity index is 518. The number of benzene rings is 1. The molecule has 92 valence electrons. The second-order valence-corrected chi connectivity index (χ2v) is 5.79. The predicted octanol–water partition coefficient (Wildman–Crippen LogP) is 3.16. The molecule has 0 radical (unpaired) electrons. The monoisotopic (exact) mass is 276 g/mol. The summed E-state index contributed by atoms with van der Waals surface area (Å²) >= 11 is 3.09. The van der Waals surface area contributed by atoms with E-state index in [4.69, 9.17) is 5.26 Å². The Morgan fingerprint density at radius 2 is 2.11 bits per heavy atom. The zero-order chi connectivity index (χ0) is 12.6. The van der Waals surface area contributed by atoms with Crippen molar-refractivity contribution in [3.05, 3.63) is 35.9 Å². The Morgan fingerprint density at radius 3 is 2.89 bits per heavy atom. The lowest BCUT2D eigenvalue weighted by atomic mass is 10.2. The van der Waals surface area contributed by atoms with Gasteiger partial charge < -0.3 is 5.32 Å². The van der Waals surface area contributed by atoms with Crippen LogP contribution in [0.15, 0.2) is 34.7 Å². The Kier molecular flexibility index (Phi) is 5.00. The molecule has 0 unspecified atom stereocenters. The number of anilines is 1. The summed E-state index contributed by atoms with van der Waals surface area (Å²) in [6, 6.07) is 12.3. The molecule has 0 aliphatic rings. The summed E-state index contributed by atoms with van der Waals surface area (Å²) in [7, 11) is 0. The predicted molar refractivity (Wildman–Crippen MR) is 74.6 cm³/mol. The topological polar surface area (TPSA) is 61.6 Å². The first-order valence-electron chi connectivity index (χ1n) is 5.49. The van der Waals surface area contributed by atoms with E-state index in [1.165, 1.54) is 16.9 Å². The van der Waals surface area contributed by atoms with Crippen LogP contribution in [0.4, 0.5) is 5.13 Å². The van der Waals surface area contributed by atoms with Gasteiger partial charge in [-0.2, -0.15) is 5.26 Å². The van der Waals surface area contributed by atoms with Gasteiger partial charge in [0.25, 0.3) is 0 Å². The molecule has 0 saturated carbocycles. The quantitative estimate of drug-likeness (QED) is 0.648. The van der Waals surface area contributed by atoms with E-state index in [1.807, 2.05) is 18.2 Å². The van der Waals surface area contributed by atoms with E-state index in [9.17, 15) is 0 Å². The van der Waals surface area contributed by atoms with Gasteiger partial charge in [-0.25, -0.2) is 0 Å². The van der Waals surface area contributed by atoms with Gasteiger partial charge in [-0.15, -0.1) is 10.2 Å². The lowest BCUT2D eigenvalue weighted by Crippen LogP contribution is -1.98. The van der Waals surface area contributed by atoms with Crippen LogP contribution in [0.25, 0.3) is 0 Å². The molecule has 0 spiro atoms. The van der Waals surface area contributed by atoms with Crippen LogP contribution in [0.5, 0.6) is 0 Å². The molecule has 1 aromatic carbocycles. The molecule has 0 saturated heterocycles. The fourth-order valence-electron chi connectivity index (χ4n) is 1.30. The number of hydrogen-bond donors (Lipinski definition) is 1. The number of rotatable bonds is 6. The van der Waals surface area contributed by atoms with E-state index in [1.54, 1.807) is 11.8 Å². The summed E-state index contributed by atoms with van der Waals surface area (Å²) in [5.41, 5.74) is 1.21. The average molecular weight is 276 g/mol. The summed E-state index contributed by atoms with van der Waals surface area (Å²) in [5.74, 6) is 0.768. The van der Waals surface area contributed by atoms with Crippen molar-refractivity contribution in [3.63, 3.8) is 0 Å². The van der Waals surface area contributed by atoms with Gasteiger partial charge in [-0.3, -0.25) is 0 Å². The lowest BCUT2D eigenvalue weighted by molar-refractivity contribution is 0.994. The highest BCUT2D eigenvalue weighted by molar-refractivity contribution is 8.01. The summed E-state index contributed by atoms with van der Waals surface area (Å²) in [6.07, 6.45) is 0.539. The number of aromatic nitrogens is 2. The maximum atomic E-state index is 8.45. The third-order valence-electron chi connectivity index (χ3n) is 2.13. The minimum absolute atomic E-state index is 0.539. The van der Waals surface area contributed by atoms with Crippen molar-refractivity contribution < 1.29 is 0 Å². The average Bonchev–Trinajstić information content (AvgIpc) is 2.86. The van der Waals surface area contributed by atoms with Gasteiger partial charge in [0.1, 0.15) is 0 Å². The molecule has 6 heteroatoms. The first-order chi connectivity index (χ1) is 8.88. The zero-order valence-corrected chi connectivity index (χ0v) is 11.3. The Hall–Kier alpha value is -1.58. The molecule has 1 aromatic heterocycles. The number of hydrogen-bond acceptors (Lipinski definition) is 6. The lowest BCUT2D eigenvalue weighted by Gasteiger charge is -2.00. The minimum atomic E-state index is 0.539. The van der Waals surface area contributed by atoms with Crippen molar-refractivity contribution in [3.8, 4) is 6.07 Å². The van der Waals surface area contributed by atoms with E-state index in [-0.39, 0.29) is 0 Å². The molecule has 2 aromatic rings. The normalized spacial score (nSPS) is 9.94. The first kappa shape index (κ1) is 12.9. The Balaban J connectivity index is 1.82. The molecule has 1 N–H and O–H groups in total. The molecule has 0 fully saturated rings. The standard InChI is InChI=1S/C12H12N4S2/c13-7-4-8-17-12-16-15-11(18-12)14-9-10-5-2-1-3-6-10/h1-3,5-6H,4,8-9H2,(H,14,15). The van der Waals surface area contributed by atoms with Crippen molar-refractivity contribution in [1.82, 2.24) is 10.2 Å². The number of nitrogens with zero attached hydrogens (tertiary/aromatic N) is 3. The molecule has 0 bridgehead atoms. The third-order valence-corrected chi connectivity index (χ3v) is 4.15. The molecule has 1 heterocycles. The molecule has 0 aliphatic heterocycles. The van der Waals surface area contributed by atoms with Gasteiger partial charge in [0.15, 0.2) is 4.34 Å². The smallest absolute Gasteiger partial charge is 0.206 e. The van der Waals surface area contributed by atoms with Crippen LogP contribution in [-0.2, 0) is 6.54 Å². The van der Waals surface area contributed by atoms with Gasteiger partial charge >= 0.3 is 0 Å². The SMILES string of the molecule is N#CCCSc1nnc(NCc2ccccc2)s1. The maximum Gasteiger partial charge on any atom is 0.206 e. The highest BCUT2D eigenvalue weighted by atomic mass is 32.2. The molecule has 0 amide bonds. The van der Waals surface area contributed by atoms with Crippen molar-refractivity contribution in [1.29, 1.82) is 5.26 Å². The van der Waals surface area contributed by atoms with E-state index in [2.05, 4.69) is 33.7 Å². The fraction of sp³-hybridized carbons (Fsp3) is 0.250. The number of nitriles is 1. The van der Waals surface area contributed by atoms with Crippen molar-refractivity contribution in [2.24, 2.45) is 0 Å². The van der Waals surface area contributed by atoms with Gasteiger partial charge in [0.05, 0.1) is 6.07 Å². The van der Waals surface area contributed by atoms with Crippen LogP contribution >= 0.6 is 23.1 Å². The molecule has 18 heavy (non-hydrogen) atoms. The van der Waals surface area contributed by atoms with Gasteiger partial charge in [-0.1, -0.05) is 53.4 Å². The summed E-state index contributed by atoms with van der Waals surface area (Å²) in [4.78, 5) is 0. The molecule has 4 nitrogen and oxygen atoms in total. The molecule has 0 atom stereocenters. The Labute approximate surface area is 114 Å². The summed E-state index contributed by atoms with van der Waals surface area (Å²) in [6.45, 7) is 0.748. The van der Waals surface area contributed by atoms with Crippen LogP contribution in [0.3, 0.4) is 0 Å². The molecular weight excluding hydrogens is 264 g/mol. The Morgan fingerprint density at radius 1 is 1.28 bits per heavy atom. The van der Waals surface area contributed by atoms with Crippen molar-refractivity contribution >= 4 is 28.2 Å². The highest BCUT2D eigenvalue weighted by Gasteiger charge is 2.03. The van der Waals surface area contributed by atoms with E-state index < -0.39 is 0 Å². The van der Waals surface area contributed by atoms with Gasteiger partial charge in [-0.05, 0) is 5.56 Å². The van der Waals surface area contributed by atoms with E-state index in [0.717, 1.165) is 21.8 Å². The third kappa shape index (κ3) is 4.02. The van der Waals surface area contributed by atoms with Crippen molar-refractivity contribution in [2.45, 2.75) is 17.3 Å².